The van der Waals surface area contributed by atoms with Gasteiger partial charge in [0, 0.05) is 5.56 Å². The molecule has 0 bridgehead atoms. The SMILES string of the molecule is CS(=O)(=O)Nc1cc(-c2c(F)n3n(c2=O)CCOCC3)c(Cl)cc1Cl. The molecule has 3 rings (SSSR count). The number of aromatic nitrogens is 2. The van der Waals surface area contributed by atoms with Crippen molar-refractivity contribution < 1.29 is 17.5 Å². The quantitative estimate of drug-likeness (QED) is 0.841. The zero-order valence-electron chi connectivity index (χ0n) is 13.1. The Bertz CT molecular complexity index is 1000. The third kappa shape index (κ3) is 3.55. The summed E-state index contributed by atoms with van der Waals surface area (Å²) in [5.74, 6) is -0.759. The summed E-state index contributed by atoms with van der Waals surface area (Å²) in [6.45, 7) is 0.952. The van der Waals surface area contributed by atoms with E-state index in [0.29, 0.717) is 0 Å². The van der Waals surface area contributed by atoms with Crippen LogP contribution in [0.5, 0.6) is 0 Å². The first-order valence-electron chi connectivity index (χ1n) is 7.23. The van der Waals surface area contributed by atoms with Crippen molar-refractivity contribution in [1.82, 2.24) is 9.36 Å². The van der Waals surface area contributed by atoms with E-state index in [1.54, 1.807) is 0 Å². The molecule has 0 fully saturated rings. The molecule has 25 heavy (non-hydrogen) atoms. The van der Waals surface area contributed by atoms with E-state index in [1.807, 2.05) is 0 Å². The minimum Gasteiger partial charge on any atom is -0.378 e. The molecule has 1 aromatic carbocycles. The molecule has 0 amide bonds. The summed E-state index contributed by atoms with van der Waals surface area (Å²) in [5.41, 5.74) is -0.733. The van der Waals surface area contributed by atoms with Crippen molar-refractivity contribution in [3.05, 3.63) is 38.5 Å². The lowest BCUT2D eigenvalue weighted by Crippen LogP contribution is -2.23. The number of nitrogens with one attached hydrogen (secondary N) is 1. The number of benzene rings is 1. The molecule has 0 spiro atoms. The van der Waals surface area contributed by atoms with Crippen LogP contribution in [0.15, 0.2) is 16.9 Å². The van der Waals surface area contributed by atoms with Crippen molar-refractivity contribution in [1.29, 1.82) is 0 Å². The maximum absolute atomic E-state index is 14.8. The molecule has 1 aliphatic rings. The van der Waals surface area contributed by atoms with Crippen LogP contribution in [0.2, 0.25) is 10.0 Å². The smallest absolute Gasteiger partial charge is 0.277 e. The van der Waals surface area contributed by atoms with E-state index in [-0.39, 0.29) is 53.2 Å². The number of fused-ring (bicyclic) bond motifs is 1. The van der Waals surface area contributed by atoms with E-state index in [9.17, 15) is 17.6 Å². The van der Waals surface area contributed by atoms with Gasteiger partial charge in [-0.05, 0) is 12.1 Å². The van der Waals surface area contributed by atoms with Gasteiger partial charge in [-0.3, -0.25) is 14.2 Å². The maximum atomic E-state index is 14.8. The second-order valence-electron chi connectivity index (χ2n) is 5.52. The van der Waals surface area contributed by atoms with E-state index < -0.39 is 21.5 Å². The van der Waals surface area contributed by atoms with E-state index >= 15 is 0 Å². The van der Waals surface area contributed by atoms with Gasteiger partial charge in [0.15, 0.2) is 0 Å². The fraction of sp³-hybridized carbons (Fsp3) is 0.357. The van der Waals surface area contributed by atoms with Crippen molar-refractivity contribution in [2.45, 2.75) is 13.1 Å². The fourth-order valence-electron chi connectivity index (χ4n) is 2.65. The van der Waals surface area contributed by atoms with Gasteiger partial charge < -0.3 is 4.74 Å². The van der Waals surface area contributed by atoms with Gasteiger partial charge in [0.2, 0.25) is 16.0 Å². The number of nitrogens with zero attached hydrogens (tertiary/aromatic N) is 2. The predicted molar refractivity (Wildman–Crippen MR) is 93.4 cm³/mol. The summed E-state index contributed by atoms with van der Waals surface area (Å²) in [7, 11) is -3.62. The van der Waals surface area contributed by atoms with Gasteiger partial charge in [0.05, 0.1) is 48.3 Å². The summed E-state index contributed by atoms with van der Waals surface area (Å²) in [5, 5.41) is 0.0755. The lowest BCUT2D eigenvalue weighted by molar-refractivity contribution is 0.136. The number of ether oxygens (including phenoxy) is 1. The highest BCUT2D eigenvalue weighted by Gasteiger charge is 2.25. The second kappa shape index (κ2) is 6.64. The van der Waals surface area contributed by atoms with Gasteiger partial charge in [-0.25, -0.2) is 13.1 Å². The van der Waals surface area contributed by atoms with Crippen LogP contribution in [0.4, 0.5) is 10.1 Å². The van der Waals surface area contributed by atoms with E-state index in [1.165, 1.54) is 21.5 Å². The highest BCUT2D eigenvalue weighted by atomic mass is 35.5. The molecule has 11 heteroatoms. The largest absolute Gasteiger partial charge is 0.378 e. The molecule has 0 radical (unpaired) electrons. The number of hydrogen-bond acceptors (Lipinski definition) is 4. The average Bonchev–Trinajstić information content (AvgIpc) is 2.69. The minimum atomic E-state index is -3.62. The Kier molecular flexibility index (Phi) is 4.84. The van der Waals surface area contributed by atoms with Crippen LogP contribution in [-0.2, 0) is 27.8 Å². The lowest BCUT2D eigenvalue weighted by Gasteiger charge is -2.10. The molecular formula is C14H14Cl2FN3O4S. The van der Waals surface area contributed by atoms with Crippen LogP contribution in [0, 0.1) is 5.95 Å². The molecule has 0 saturated heterocycles. The van der Waals surface area contributed by atoms with Crippen LogP contribution in [-0.4, -0.2) is 37.3 Å². The van der Waals surface area contributed by atoms with Crippen molar-refractivity contribution in [3.8, 4) is 11.1 Å². The van der Waals surface area contributed by atoms with Crippen LogP contribution in [0.1, 0.15) is 0 Å². The first kappa shape index (κ1) is 18.2. The van der Waals surface area contributed by atoms with Crippen LogP contribution in [0.25, 0.3) is 11.1 Å². The van der Waals surface area contributed by atoms with Crippen molar-refractivity contribution in [2.24, 2.45) is 0 Å². The van der Waals surface area contributed by atoms with Gasteiger partial charge in [-0.1, -0.05) is 23.2 Å². The zero-order chi connectivity index (χ0) is 18.4. The number of sulfonamides is 1. The highest BCUT2D eigenvalue weighted by Crippen LogP contribution is 2.36. The molecule has 136 valence electrons. The number of hydrogen-bond donors (Lipinski definition) is 1. The van der Waals surface area contributed by atoms with Crippen LogP contribution in [0.3, 0.4) is 0 Å². The van der Waals surface area contributed by atoms with Crippen LogP contribution >= 0.6 is 23.2 Å². The van der Waals surface area contributed by atoms with E-state index in [2.05, 4.69) is 4.72 Å². The Hall–Kier alpha value is -1.55. The topological polar surface area (TPSA) is 82.3 Å². The summed E-state index contributed by atoms with van der Waals surface area (Å²) in [6.07, 6.45) is 0.952. The molecule has 1 N–H and O–H groups in total. The molecule has 0 unspecified atom stereocenters. The molecule has 7 nitrogen and oxygen atoms in total. The third-order valence-corrected chi connectivity index (χ3v) is 4.91. The van der Waals surface area contributed by atoms with Gasteiger partial charge in [-0.2, -0.15) is 4.39 Å². The molecule has 0 atom stereocenters. The predicted octanol–water partition coefficient (Wildman–Crippen LogP) is 2.16. The van der Waals surface area contributed by atoms with Crippen molar-refractivity contribution in [3.63, 3.8) is 0 Å². The minimum absolute atomic E-state index is 0.0112. The summed E-state index contributed by atoms with van der Waals surface area (Å²) in [6, 6.07) is 2.52. The van der Waals surface area contributed by atoms with Crippen molar-refractivity contribution >= 4 is 38.9 Å². The number of halogens is 3. The third-order valence-electron chi connectivity index (χ3n) is 3.69. The molecule has 2 heterocycles. The summed E-state index contributed by atoms with van der Waals surface area (Å²) in [4.78, 5) is 12.6. The lowest BCUT2D eigenvalue weighted by atomic mass is 10.1. The second-order valence-corrected chi connectivity index (χ2v) is 8.08. The van der Waals surface area contributed by atoms with E-state index in [4.69, 9.17) is 27.9 Å². The Labute approximate surface area is 152 Å². The fourth-order valence-corrected chi connectivity index (χ4v) is 3.80. The monoisotopic (exact) mass is 409 g/mol. The van der Waals surface area contributed by atoms with Gasteiger partial charge >= 0.3 is 0 Å². The van der Waals surface area contributed by atoms with Crippen molar-refractivity contribution in [2.75, 3.05) is 24.2 Å². The first-order chi connectivity index (χ1) is 11.7. The maximum Gasteiger partial charge on any atom is 0.277 e. The summed E-state index contributed by atoms with van der Waals surface area (Å²) < 4.78 is 47.7. The summed E-state index contributed by atoms with van der Waals surface area (Å²) >= 11 is 12.1. The Morgan fingerprint density at radius 2 is 1.80 bits per heavy atom. The molecule has 1 aromatic heterocycles. The first-order valence-corrected chi connectivity index (χ1v) is 9.88. The van der Waals surface area contributed by atoms with Gasteiger partial charge in [0.25, 0.3) is 5.56 Å². The van der Waals surface area contributed by atoms with Gasteiger partial charge in [0.1, 0.15) is 5.56 Å². The Morgan fingerprint density at radius 3 is 2.44 bits per heavy atom. The normalized spacial score (nSPS) is 14.9. The average molecular weight is 410 g/mol. The standard InChI is InChI=1S/C14H14Cl2FN3O4S/c1-25(22,23)18-11-6-8(9(15)7-10(11)16)12-13(17)19-2-4-24-5-3-20(19)14(12)21/h6-7,18H,2-5H2,1H3. The van der Waals surface area contributed by atoms with E-state index in [0.717, 1.165) is 6.26 Å². The molecule has 2 aromatic rings. The molecule has 1 aliphatic heterocycles. The van der Waals surface area contributed by atoms with Gasteiger partial charge in [-0.15, -0.1) is 0 Å². The highest BCUT2D eigenvalue weighted by molar-refractivity contribution is 7.92. The zero-order valence-corrected chi connectivity index (χ0v) is 15.4. The number of rotatable bonds is 3. The number of anilines is 1. The molecule has 0 saturated carbocycles. The van der Waals surface area contributed by atoms with Crippen LogP contribution < -0.4 is 10.3 Å². The Morgan fingerprint density at radius 1 is 1.16 bits per heavy atom. The molecular weight excluding hydrogens is 396 g/mol. The molecule has 0 aliphatic carbocycles. The Balaban J connectivity index is 2.21.